The molecule has 0 aliphatic carbocycles. The van der Waals surface area contributed by atoms with Crippen LogP contribution in [0.3, 0.4) is 0 Å². The van der Waals surface area contributed by atoms with Crippen LogP contribution in [0.15, 0.2) is 51.0 Å². The van der Waals surface area contributed by atoms with Gasteiger partial charge in [0, 0.05) is 6.42 Å². The number of hydrogen-bond donors (Lipinski definition) is 0. The summed E-state index contributed by atoms with van der Waals surface area (Å²) in [6, 6.07) is 8.73. The summed E-state index contributed by atoms with van der Waals surface area (Å²) in [6.45, 7) is 16.8. The van der Waals surface area contributed by atoms with E-state index >= 15 is 0 Å². The van der Waals surface area contributed by atoms with E-state index in [-0.39, 0.29) is 0 Å². The molecule has 0 atom stereocenters. The minimum atomic E-state index is 0.799. The van der Waals surface area contributed by atoms with Crippen molar-refractivity contribution in [1.29, 1.82) is 0 Å². The zero-order valence-corrected chi connectivity index (χ0v) is 18.9. The summed E-state index contributed by atoms with van der Waals surface area (Å²) in [4.78, 5) is 14.7. The lowest BCUT2D eigenvalue weighted by Crippen LogP contribution is -2.07. The first-order chi connectivity index (χ1) is 13.7. The van der Waals surface area contributed by atoms with Gasteiger partial charge in [-0.05, 0) is 77.6 Å². The van der Waals surface area contributed by atoms with Crippen molar-refractivity contribution in [3.63, 3.8) is 0 Å². The Kier molecular flexibility index (Phi) is 5.97. The lowest BCUT2D eigenvalue weighted by atomic mass is 10.1. The maximum atomic E-state index is 4.91. The van der Waals surface area contributed by atoms with Gasteiger partial charge in [-0.3, -0.25) is 9.98 Å². The fourth-order valence-electron chi connectivity index (χ4n) is 4.04. The number of benzene rings is 2. The second-order valence-corrected chi connectivity index (χ2v) is 8.24. The van der Waals surface area contributed by atoms with Crippen LogP contribution in [-0.2, 0) is 0 Å². The summed E-state index contributed by atoms with van der Waals surface area (Å²) in [5.41, 5.74) is 13.4. The summed E-state index contributed by atoms with van der Waals surface area (Å²) >= 11 is 0. The van der Waals surface area contributed by atoms with Crippen molar-refractivity contribution in [3.05, 3.63) is 69.4 Å². The van der Waals surface area contributed by atoms with E-state index in [0.717, 1.165) is 40.6 Å². The molecule has 0 N–H and O–H groups in total. The SMILES string of the molecule is CC(=Nc1c(C)cc(C)cc1C)C1=CCC(C(C)=Nc2c(C)cc(C)cc2C)=N1. The smallest absolute Gasteiger partial charge is 0.0810 e. The molecule has 0 aromatic heterocycles. The van der Waals surface area contributed by atoms with Crippen molar-refractivity contribution in [3.8, 4) is 0 Å². The molecule has 1 aliphatic rings. The predicted octanol–water partition coefficient (Wildman–Crippen LogP) is 7.15. The molecule has 1 heterocycles. The maximum Gasteiger partial charge on any atom is 0.0810 e. The Morgan fingerprint density at radius 2 is 1.10 bits per heavy atom. The Balaban J connectivity index is 1.88. The van der Waals surface area contributed by atoms with Gasteiger partial charge in [-0.15, -0.1) is 0 Å². The molecule has 3 nitrogen and oxygen atoms in total. The quantitative estimate of drug-likeness (QED) is 0.501. The summed E-state index contributed by atoms with van der Waals surface area (Å²) in [5.74, 6) is 0. The van der Waals surface area contributed by atoms with Gasteiger partial charge in [0.1, 0.15) is 0 Å². The van der Waals surface area contributed by atoms with Gasteiger partial charge in [0.15, 0.2) is 0 Å². The average molecular weight is 386 g/mol. The molecule has 0 amide bonds. The molecule has 0 bridgehead atoms. The van der Waals surface area contributed by atoms with Crippen LogP contribution >= 0.6 is 0 Å². The van der Waals surface area contributed by atoms with E-state index in [1.807, 2.05) is 6.92 Å². The Bertz CT molecular complexity index is 1050. The summed E-state index contributed by atoms with van der Waals surface area (Å²) in [7, 11) is 0. The molecule has 0 unspecified atom stereocenters. The van der Waals surface area contributed by atoms with Gasteiger partial charge in [-0.25, -0.2) is 4.99 Å². The molecule has 2 aromatic carbocycles. The van der Waals surface area contributed by atoms with E-state index in [0.29, 0.717) is 0 Å². The summed E-state index contributed by atoms with van der Waals surface area (Å²) < 4.78 is 0. The number of aryl methyl sites for hydroxylation is 6. The minimum Gasteiger partial charge on any atom is -0.251 e. The first-order valence-corrected chi connectivity index (χ1v) is 10.2. The molecule has 3 heteroatoms. The molecule has 0 saturated heterocycles. The number of rotatable bonds is 4. The molecular weight excluding hydrogens is 354 g/mol. The molecule has 150 valence electrons. The fourth-order valence-corrected chi connectivity index (χ4v) is 4.04. The number of aliphatic imine (C=N–C) groups is 3. The topological polar surface area (TPSA) is 37.1 Å². The van der Waals surface area contributed by atoms with Crippen LogP contribution in [0.5, 0.6) is 0 Å². The van der Waals surface area contributed by atoms with Crippen LogP contribution in [0.2, 0.25) is 0 Å². The molecular formula is C26H31N3. The van der Waals surface area contributed by atoms with Crippen LogP contribution in [-0.4, -0.2) is 17.1 Å². The van der Waals surface area contributed by atoms with Crippen LogP contribution in [0.4, 0.5) is 11.4 Å². The van der Waals surface area contributed by atoms with E-state index < -0.39 is 0 Å². The maximum absolute atomic E-state index is 4.91. The second-order valence-electron chi connectivity index (χ2n) is 8.24. The predicted molar refractivity (Wildman–Crippen MR) is 127 cm³/mol. The highest BCUT2D eigenvalue weighted by molar-refractivity contribution is 6.43. The number of hydrogen-bond acceptors (Lipinski definition) is 3. The first kappa shape index (κ1) is 20.9. The van der Waals surface area contributed by atoms with E-state index in [1.54, 1.807) is 0 Å². The zero-order chi connectivity index (χ0) is 21.3. The lowest BCUT2D eigenvalue weighted by Gasteiger charge is -2.09. The highest BCUT2D eigenvalue weighted by atomic mass is 14.9. The molecule has 2 aromatic rings. The van der Waals surface area contributed by atoms with Crippen LogP contribution in [0.1, 0.15) is 53.6 Å². The van der Waals surface area contributed by atoms with Gasteiger partial charge in [-0.2, -0.15) is 0 Å². The van der Waals surface area contributed by atoms with Crippen LogP contribution in [0.25, 0.3) is 0 Å². The Morgan fingerprint density at radius 1 is 0.690 bits per heavy atom. The molecule has 3 rings (SSSR count). The van der Waals surface area contributed by atoms with Gasteiger partial charge >= 0.3 is 0 Å². The van der Waals surface area contributed by atoms with Crippen LogP contribution in [0, 0.1) is 41.5 Å². The second kappa shape index (κ2) is 8.28. The number of allylic oxidation sites excluding steroid dienone is 2. The largest absolute Gasteiger partial charge is 0.251 e. The molecule has 1 aliphatic heterocycles. The Morgan fingerprint density at radius 3 is 1.55 bits per heavy atom. The van der Waals surface area contributed by atoms with E-state index in [4.69, 9.17) is 15.0 Å². The van der Waals surface area contributed by atoms with Crippen molar-refractivity contribution < 1.29 is 0 Å². The third-order valence-corrected chi connectivity index (χ3v) is 5.36. The monoisotopic (exact) mass is 385 g/mol. The highest BCUT2D eigenvalue weighted by Crippen LogP contribution is 2.28. The molecule has 0 radical (unpaired) electrons. The zero-order valence-electron chi connectivity index (χ0n) is 18.9. The Labute approximate surface area is 175 Å². The van der Waals surface area contributed by atoms with Gasteiger partial charge in [0.2, 0.25) is 0 Å². The molecule has 0 saturated carbocycles. The van der Waals surface area contributed by atoms with Gasteiger partial charge in [0.25, 0.3) is 0 Å². The van der Waals surface area contributed by atoms with E-state index in [1.165, 1.54) is 33.4 Å². The Hall–Kier alpha value is -2.81. The third-order valence-electron chi connectivity index (χ3n) is 5.36. The lowest BCUT2D eigenvalue weighted by molar-refractivity contribution is 1.28. The van der Waals surface area contributed by atoms with Crippen molar-refractivity contribution in [2.75, 3.05) is 0 Å². The van der Waals surface area contributed by atoms with Gasteiger partial charge < -0.3 is 0 Å². The van der Waals surface area contributed by atoms with Crippen molar-refractivity contribution in [2.24, 2.45) is 15.0 Å². The fraction of sp³-hybridized carbons (Fsp3) is 0.346. The van der Waals surface area contributed by atoms with E-state index in [2.05, 4.69) is 78.8 Å². The first-order valence-electron chi connectivity index (χ1n) is 10.2. The average Bonchev–Trinajstić information content (AvgIpc) is 3.11. The van der Waals surface area contributed by atoms with Crippen molar-refractivity contribution in [2.45, 2.75) is 61.8 Å². The van der Waals surface area contributed by atoms with E-state index in [9.17, 15) is 0 Å². The third kappa shape index (κ3) is 4.61. The van der Waals surface area contributed by atoms with Gasteiger partial charge in [-0.1, -0.05) is 41.5 Å². The van der Waals surface area contributed by atoms with Gasteiger partial charge in [0.05, 0.1) is 34.2 Å². The van der Waals surface area contributed by atoms with Crippen molar-refractivity contribution in [1.82, 2.24) is 0 Å². The van der Waals surface area contributed by atoms with Crippen LogP contribution < -0.4 is 0 Å². The molecule has 0 fully saturated rings. The standard InChI is InChI=1S/C26H31N3/c1-15-11-17(3)25(18(4)12-15)27-21(7)23-9-10-24(29-23)22(8)28-26-19(5)13-16(2)14-20(26)6/h9,11-14H,10H2,1-8H3. The molecule has 29 heavy (non-hydrogen) atoms. The van der Waals surface area contributed by atoms with Crippen molar-refractivity contribution >= 4 is 28.5 Å². The number of nitrogens with zero attached hydrogens (tertiary/aromatic N) is 3. The minimum absolute atomic E-state index is 0.799. The highest BCUT2D eigenvalue weighted by Gasteiger charge is 2.15. The summed E-state index contributed by atoms with van der Waals surface area (Å²) in [5, 5.41) is 0. The normalized spacial score (nSPS) is 14.9. The summed E-state index contributed by atoms with van der Waals surface area (Å²) in [6.07, 6.45) is 2.95. The molecule has 0 spiro atoms.